The highest BCUT2D eigenvalue weighted by atomic mass is 16.4. The summed E-state index contributed by atoms with van der Waals surface area (Å²) in [7, 11) is 0. The maximum absolute atomic E-state index is 11.1. The highest BCUT2D eigenvalue weighted by Gasteiger charge is 2.33. The molecular formula is C13H24N2O2. The molecule has 0 aliphatic carbocycles. The van der Waals surface area contributed by atoms with Crippen LogP contribution in [0.15, 0.2) is 0 Å². The first-order valence-electron chi connectivity index (χ1n) is 6.73. The lowest BCUT2D eigenvalue weighted by Crippen LogP contribution is -2.54. The van der Waals surface area contributed by atoms with Crippen molar-refractivity contribution in [3.8, 4) is 0 Å². The van der Waals surface area contributed by atoms with Gasteiger partial charge in [-0.25, -0.2) is 0 Å². The molecule has 98 valence electrons. The molecule has 0 amide bonds. The van der Waals surface area contributed by atoms with Gasteiger partial charge in [-0.2, -0.15) is 0 Å². The lowest BCUT2D eigenvalue weighted by Gasteiger charge is -2.42. The second kappa shape index (κ2) is 5.36. The third-order valence-corrected chi connectivity index (χ3v) is 4.09. The van der Waals surface area contributed by atoms with E-state index in [0.29, 0.717) is 12.6 Å². The number of piperidine rings is 2. The Bertz CT molecular complexity index is 273. The summed E-state index contributed by atoms with van der Waals surface area (Å²) in [5.41, 5.74) is 0. The van der Waals surface area contributed by atoms with E-state index in [4.69, 9.17) is 5.11 Å². The highest BCUT2D eigenvalue weighted by Crippen LogP contribution is 2.25. The zero-order valence-corrected chi connectivity index (χ0v) is 10.9. The van der Waals surface area contributed by atoms with E-state index in [1.807, 2.05) is 0 Å². The van der Waals surface area contributed by atoms with Gasteiger partial charge in [0.05, 0.1) is 5.92 Å². The quantitative estimate of drug-likeness (QED) is 0.757. The molecule has 17 heavy (non-hydrogen) atoms. The Hall–Kier alpha value is -0.610. The number of carbonyl (C=O) groups is 1. The van der Waals surface area contributed by atoms with E-state index in [1.165, 1.54) is 6.42 Å². The second-order valence-corrected chi connectivity index (χ2v) is 5.98. The second-order valence-electron chi connectivity index (χ2n) is 5.98. The molecule has 0 aromatic heterocycles. The van der Waals surface area contributed by atoms with Crippen molar-refractivity contribution in [1.82, 2.24) is 10.2 Å². The lowest BCUT2D eigenvalue weighted by atomic mass is 9.88. The van der Waals surface area contributed by atoms with E-state index in [-0.39, 0.29) is 5.92 Å². The van der Waals surface area contributed by atoms with Gasteiger partial charge in [0.15, 0.2) is 0 Å². The van der Waals surface area contributed by atoms with E-state index in [9.17, 15) is 4.79 Å². The first kappa shape index (κ1) is 12.8. The maximum atomic E-state index is 11.1. The van der Waals surface area contributed by atoms with Crippen molar-refractivity contribution >= 4 is 5.97 Å². The summed E-state index contributed by atoms with van der Waals surface area (Å²) >= 11 is 0. The number of hydrogen-bond donors (Lipinski definition) is 2. The Morgan fingerprint density at radius 3 is 2.41 bits per heavy atom. The zero-order chi connectivity index (χ0) is 12.4. The highest BCUT2D eigenvalue weighted by molar-refractivity contribution is 5.70. The molecule has 2 heterocycles. The Kier molecular flexibility index (Phi) is 4.05. The summed E-state index contributed by atoms with van der Waals surface area (Å²) in [5, 5.41) is 12.4. The van der Waals surface area contributed by atoms with Crippen LogP contribution < -0.4 is 5.32 Å². The van der Waals surface area contributed by atoms with Gasteiger partial charge < -0.3 is 10.4 Å². The maximum Gasteiger partial charge on any atom is 0.307 e. The van der Waals surface area contributed by atoms with E-state index in [1.54, 1.807) is 0 Å². The predicted octanol–water partition coefficient (Wildman–Crippen LogP) is 1.03. The van der Waals surface area contributed by atoms with Gasteiger partial charge in [-0.05, 0) is 24.7 Å². The number of nitrogens with zero attached hydrogens (tertiary/aromatic N) is 1. The van der Waals surface area contributed by atoms with Crippen molar-refractivity contribution in [3.05, 3.63) is 0 Å². The Morgan fingerprint density at radius 1 is 1.18 bits per heavy atom. The first-order chi connectivity index (χ1) is 8.06. The van der Waals surface area contributed by atoms with E-state index >= 15 is 0 Å². The van der Waals surface area contributed by atoms with Crippen LogP contribution >= 0.6 is 0 Å². The fourth-order valence-corrected chi connectivity index (χ4v) is 3.39. The van der Waals surface area contributed by atoms with Crippen molar-refractivity contribution in [2.24, 2.45) is 17.8 Å². The lowest BCUT2D eigenvalue weighted by molar-refractivity contribution is -0.143. The molecule has 2 fully saturated rings. The van der Waals surface area contributed by atoms with Gasteiger partial charge in [0.2, 0.25) is 0 Å². The molecule has 0 unspecified atom stereocenters. The van der Waals surface area contributed by atoms with E-state index in [2.05, 4.69) is 24.1 Å². The molecule has 0 spiro atoms. The standard InChI is InChI=1S/C13H24N2O2/c1-9-3-10(2)8-15(7-9)12-4-11(13(16)17)5-14-6-12/h9-12,14H,3-8H2,1-2H3,(H,16,17)/t9-,10+,11-,12-/m1/s1. The molecule has 2 N–H and O–H groups in total. The number of carboxylic acids is 1. The van der Waals surface area contributed by atoms with Crippen LogP contribution in [0.1, 0.15) is 26.7 Å². The molecule has 0 radical (unpaired) electrons. The molecular weight excluding hydrogens is 216 g/mol. The number of nitrogens with one attached hydrogen (secondary N) is 1. The summed E-state index contributed by atoms with van der Waals surface area (Å²) in [5.74, 6) is 0.620. The number of likely N-dealkylation sites (tertiary alicyclic amines) is 1. The van der Waals surface area contributed by atoms with Crippen molar-refractivity contribution in [2.45, 2.75) is 32.7 Å². The normalized spacial score (nSPS) is 40.1. The molecule has 0 saturated carbocycles. The van der Waals surface area contributed by atoms with Crippen molar-refractivity contribution in [3.63, 3.8) is 0 Å². The first-order valence-corrected chi connectivity index (χ1v) is 6.73. The Balaban J connectivity index is 1.94. The SMILES string of the molecule is C[C@@H]1C[C@H](C)CN([C@H]2CNC[C@H](C(=O)O)C2)C1. The minimum Gasteiger partial charge on any atom is -0.481 e. The van der Waals surface area contributed by atoms with Gasteiger partial charge in [0.25, 0.3) is 0 Å². The van der Waals surface area contributed by atoms with Gasteiger partial charge in [-0.1, -0.05) is 13.8 Å². The molecule has 0 aromatic rings. The van der Waals surface area contributed by atoms with Crippen LogP contribution in [0.4, 0.5) is 0 Å². The molecule has 0 bridgehead atoms. The summed E-state index contributed by atoms with van der Waals surface area (Å²) < 4.78 is 0. The average Bonchev–Trinajstić information content (AvgIpc) is 2.28. The Labute approximate surface area is 103 Å². The van der Waals surface area contributed by atoms with Crippen molar-refractivity contribution in [1.29, 1.82) is 0 Å². The third-order valence-electron chi connectivity index (χ3n) is 4.09. The monoisotopic (exact) mass is 240 g/mol. The summed E-state index contributed by atoms with van der Waals surface area (Å²) in [4.78, 5) is 13.6. The smallest absolute Gasteiger partial charge is 0.307 e. The van der Waals surface area contributed by atoms with Gasteiger partial charge in [0.1, 0.15) is 0 Å². The minimum atomic E-state index is -0.652. The van der Waals surface area contributed by atoms with Gasteiger partial charge >= 0.3 is 5.97 Å². The van der Waals surface area contributed by atoms with Crippen LogP contribution in [0, 0.1) is 17.8 Å². The molecule has 2 rings (SSSR count). The van der Waals surface area contributed by atoms with Crippen LogP contribution in [0.3, 0.4) is 0 Å². The third kappa shape index (κ3) is 3.19. The number of carboxylic acid groups (broad SMARTS) is 1. The largest absolute Gasteiger partial charge is 0.481 e. The summed E-state index contributed by atoms with van der Waals surface area (Å²) in [6.07, 6.45) is 2.11. The topological polar surface area (TPSA) is 52.6 Å². The summed E-state index contributed by atoms with van der Waals surface area (Å²) in [6.45, 7) is 8.43. The molecule has 2 saturated heterocycles. The molecule has 4 heteroatoms. The van der Waals surface area contributed by atoms with Crippen LogP contribution in [0.2, 0.25) is 0 Å². The fraction of sp³-hybridized carbons (Fsp3) is 0.923. The molecule has 2 aliphatic heterocycles. The van der Waals surface area contributed by atoms with Gasteiger partial charge in [-0.3, -0.25) is 9.69 Å². The number of rotatable bonds is 2. The molecule has 4 atom stereocenters. The van der Waals surface area contributed by atoms with Gasteiger partial charge in [0, 0.05) is 32.2 Å². The van der Waals surface area contributed by atoms with Crippen LogP contribution in [0.5, 0.6) is 0 Å². The predicted molar refractivity (Wildman–Crippen MR) is 66.9 cm³/mol. The van der Waals surface area contributed by atoms with E-state index in [0.717, 1.165) is 37.9 Å². The molecule has 0 aromatic carbocycles. The van der Waals surface area contributed by atoms with Crippen LogP contribution in [-0.4, -0.2) is 48.2 Å². The molecule has 4 nitrogen and oxygen atoms in total. The minimum absolute atomic E-state index is 0.207. The fourth-order valence-electron chi connectivity index (χ4n) is 3.39. The summed E-state index contributed by atoms with van der Waals surface area (Å²) in [6, 6.07) is 0.412. The number of hydrogen-bond acceptors (Lipinski definition) is 3. The molecule has 2 aliphatic rings. The Morgan fingerprint density at radius 2 is 1.82 bits per heavy atom. The van der Waals surface area contributed by atoms with E-state index < -0.39 is 5.97 Å². The van der Waals surface area contributed by atoms with Crippen molar-refractivity contribution in [2.75, 3.05) is 26.2 Å². The van der Waals surface area contributed by atoms with Gasteiger partial charge in [-0.15, -0.1) is 0 Å². The van der Waals surface area contributed by atoms with Crippen LogP contribution in [0.25, 0.3) is 0 Å². The van der Waals surface area contributed by atoms with Crippen molar-refractivity contribution < 1.29 is 9.90 Å². The number of aliphatic carboxylic acids is 1. The zero-order valence-electron chi connectivity index (χ0n) is 10.9. The van der Waals surface area contributed by atoms with Crippen LogP contribution in [-0.2, 0) is 4.79 Å². The average molecular weight is 240 g/mol.